The molecular formula is C12H16FNO2. The van der Waals surface area contributed by atoms with Crippen LogP contribution in [0.5, 0.6) is 5.75 Å². The van der Waals surface area contributed by atoms with Crippen molar-refractivity contribution in [2.24, 2.45) is 0 Å². The first-order valence-electron chi connectivity index (χ1n) is 5.38. The van der Waals surface area contributed by atoms with Gasteiger partial charge in [0.15, 0.2) is 11.6 Å². The van der Waals surface area contributed by atoms with E-state index in [2.05, 4.69) is 12.2 Å². The smallest absolute Gasteiger partial charge is 0.165 e. The number of nitrogens with one attached hydrogen (secondary N) is 1. The maximum atomic E-state index is 13.2. The molecular weight excluding hydrogens is 209 g/mol. The minimum atomic E-state index is -0.337. The lowest BCUT2D eigenvalue weighted by Gasteiger charge is -2.29. The number of halogens is 1. The number of morpholine rings is 1. The van der Waals surface area contributed by atoms with Crippen LogP contribution >= 0.6 is 0 Å². The third-order valence-electron chi connectivity index (χ3n) is 2.72. The Morgan fingerprint density at radius 3 is 2.94 bits per heavy atom. The lowest BCUT2D eigenvalue weighted by molar-refractivity contribution is 0.0503. The Morgan fingerprint density at radius 1 is 1.44 bits per heavy atom. The zero-order chi connectivity index (χ0) is 11.5. The molecule has 2 atom stereocenters. The highest BCUT2D eigenvalue weighted by atomic mass is 19.1. The molecule has 1 saturated heterocycles. The predicted octanol–water partition coefficient (Wildman–Crippen LogP) is 1.88. The second-order valence-electron chi connectivity index (χ2n) is 4.05. The molecule has 4 heteroatoms. The third kappa shape index (κ3) is 2.33. The summed E-state index contributed by atoms with van der Waals surface area (Å²) in [5.74, 6) is -0.0615. The highest BCUT2D eigenvalue weighted by Crippen LogP contribution is 2.24. The van der Waals surface area contributed by atoms with E-state index in [1.54, 1.807) is 12.1 Å². The zero-order valence-corrected chi connectivity index (χ0v) is 9.50. The number of ether oxygens (including phenoxy) is 2. The van der Waals surface area contributed by atoms with E-state index in [1.807, 2.05) is 0 Å². The maximum Gasteiger partial charge on any atom is 0.165 e. The van der Waals surface area contributed by atoms with Gasteiger partial charge >= 0.3 is 0 Å². The number of hydrogen-bond acceptors (Lipinski definition) is 3. The molecule has 3 nitrogen and oxygen atoms in total. The van der Waals surface area contributed by atoms with Gasteiger partial charge in [0.25, 0.3) is 0 Å². The van der Waals surface area contributed by atoms with E-state index in [0.717, 1.165) is 12.2 Å². The number of methoxy groups -OCH3 is 1. The molecule has 16 heavy (non-hydrogen) atoms. The van der Waals surface area contributed by atoms with Crippen LogP contribution in [-0.4, -0.2) is 26.4 Å². The first-order valence-corrected chi connectivity index (χ1v) is 5.38. The molecule has 0 bridgehead atoms. The molecule has 0 aliphatic carbocycles. The molecule has 1 fully saturated rings. The second kappa shape index (κ2) is 4.80. The van der Waals surface area contributed by atoms with Gasteiger partial charge in [-0.25, -0.2) is 4.39 Å². The average molecular weight is 225 g/mol. The molecule has 1 aromatic carbocycles. The molecule has 0 amide bonds. The SMILES string of the molecule is COc1cc(C2COCC(C)N2)ccc1F. The topological polar surface area (TPSA) is 30.5 Å². The van der Waals surface area contributed by atoms with Gasteiger partial charge in [0.05, 0.1) is 26.4 Å². The third-order valence-corrected chi connectivity index (χ3v) is 2.72. The monoisotopic (exact) mass is 225 g/mol. The minimum absolute atomic E-state index is 0.109. The van der Waals surface area contributed by atoms with E-state index in [9.17, 15) is 4.39 Å². The Hall–Kier alpha value is -1.13. The van der Waals surface area contributed by atoms with E-state index in [0.29, 0.717) is 12.6 Å². The van der Waals surface area contributed by atoms with Gasteiger partial charge in [-0.05, 0) is 24.6 Å². The van der Waals surface area contributed by atoms with Gasteiger partial charge in [-0.2, -0.15) is 0 Å². The van der Waals surface area contributed by atoms with Crippen molar-refractivity contribution in [3.05, 3.63) is 29.6 Å². The largest absolute Gasteiger partial charge is 0.494 e. The fraction of sp³-hybridized carbons (Fsp3) is 0.500. The van der Waals surface area contributed by atoms with Crippen LogP contribution in [0.3, 0.4) is 0 Å². The lowest BCUT2D eigenvalue weighted by Crippen LogP contribution is -2.41. The molecule has 1 heterocycles. The molecule has 0 aromatic heterocycles. The van der Waals surface area contributed by atoms with Gasteiger partial charge in [-0.3, -0.25) is 0 Å². The van der Waals surface area contributed by atoms with Crippen LogP contribution in [0.2, 0.25) is 0 Å². The summed E-state index contributed by atoms with van der Waals surface area (Å²) in [5, 5.41) is 3.40. The molecule has 0 saturated carbocycles. The summed E-state index contributed by atoms with van der Waals surface area (Å²) < 4.78 is 23.7. The Bertz CT molecular complexity index is 370. The highest BCUT2D eigenvalue weighted by molar-refractivity contribution is 5.32. The predicted molar refractivity (Wildman–Crippen MR) is 59.1 cm³/mol. The van der Waals surface area contributed by atoms with Gasteiger partial charge in [0.1, 0.15) is 0 Å². The molecule has 1 aliphatic heterocycles. The summed E-state index contributed by atoms with van der Waals surface area (Å²) >= 11 is 0. The Balaban J connectivity index is 2.19. The first-order chi connectivity index (χ1) is 7.70. The Kier molecular flexibility index (Phi) is 3.41. The number of rotatable bonds is 2. The van der Waals surface area contributed by atoms with Crippen LogP contribution in [0.15, 0.2) is 18.2 Å². The van der Waals surface area contributed by atoms with Crippen molar-refractivity contribution in [1.29, 1.82) is 0 Å². The van der Waals surface area contributed by atoms with Gasteiger partial charge in [0, 0.05) is 6.04 Å². The van der Waals surface area contributed by atoms with Crippen LogP contribution in [0.4, 0.5) is 4.39 Å². The quantitative estimate of drug-likeness (QED) is 0.833. The zero-order valence-electron chi connectivity index (χ0n) is 9.50. The Labute approximate surface area is 94.6 Å². The van der Waals surface area contributed by atoms with Crippen LogP contribution in [0, 0.1) is 5.82 Å². The van der Waals surface area contributed by atoms with E-state index >= 15 is 0 Å². The second-order valence-corrected chi connectivity index (χ2v) is 4.05. The van der Waals surface area contributed by atoms with Crippen molar-refractivity contribution in [2.45, 2.75) is 19.0 Å². The Morgan fingerprint density at radius 2 is 2.25 bits per heavy atom. The molecule has 1 N–H and O–H groups in total. The summed E-state index contributed by atoms with van der Waals surface area (Å²) in [7, 11) is 1.47. The van der Waals surface area contributed by atoms with Gasteiger partial charge in [0.2, 0.25) is 0 Å². The first kappa shape index (κ1) is 11.4. The lowest BCUT2D eigenvalue weighted by atomic mass is 10.0. The van der Waals surface area contributed by atoms with E-state index < -0.39 is 0 Å². The normalized spacial score (nSPS) is 25.4. The van der Waals surface area contributed by atoms with Crippen LogP contribution in [0.25, 0.3) is 0 Å². The molecule has 1 aliphatic rings. The number of hydrogen-bond donors (Lipinski definition) is 1. The van der Waals surface area contributed by atoms with E-state index in [4.69, 9.17) is 9.47 Å². The van der Waals surface area contributed by atoms with Crippen molar-refractivity contribution < 1.29 is 13.9 Å². The summed E-state index contributed by atoms with van der Waals surface area (Å²) in [6.45, 7) is 3.39. The molecule has 2 unspecified atom stereocenters. The average Bonchev–Trinajstić information content (AvgIpc) is 2.29. The molecule has 1 aromatic rings. The van der Waals surface area contributed by atoms with Crippen LogP contribution < -0.4 is 10.1 Å². The van der Waals surface area contributed by atoms with E-state index in [-0.39, 0.29) is 17.6 Å². The van der Waals surface area contributed by atoms with Crippen molar-refractivity contribution in [1.82, 2.24) is 5.32 Å². The highest BCUT2D eigenvalue weighted by Gasteiger charge is 2.20. The van der Waals surface area contributed by atoms with Crippen molar-refractivity contribution in [3.63, 3.8) is 0 Å². The van der Waals surface area contributed by atoms with Gasteiger partial charge < -0.3 is 14.8 Å². The standard InChI is InChI=1S/C12H16FNO2/c1-8-6-16-7-11(14-8)9-3-4-10(13)12(5-9)15-2/h3-5,8,11,14H,6-7H2,1-2H3. The van der Waals surface area contributed by atoms with Crippen molar-refractivity contribution in [3.8, 4) is 5.75 Å². The molecule has 88 valence electrons. The summed E-state index contributed by atoms with van der Waals surface area (Å²) in [6, 6.07) is 5.33. The molecule has 0 radical (unpaired) electrons. The molecule has 2 rings (SSSR count). The minimum Gasteiger partial charge on any atom is -0.494 e. The van der Waals surface area contributed by atoms with Gasteiger partial charge in [-0.1, -0.05) is 6.07 Å². The fourth-order valence-corrected chi connectivity index (χ4v) is 1.89. The molecule has 0 spiro atoms. The number of benzene rings is 1. The van der Waals surface area contributed by atoms with Crippen LogP contribution in [-0.2, 0) is 4.74 Å². The van der Waals surface area contributed by atoms with E-state index in [1.165, 1.54) is 13.2 Å². The summed E-state index contributed by atoms with van der Waals surface area (Å²) in [5.41, 5.74) is 0.991. The van der Waals surface area contributed by atoms with Crippen LogP contribution in [0.1, 0.15) is 18.5 Å². The fourth-order valence-electron chi connectivity index (χ4n) is 1.89. The summed E-state index contributed by atoms with van der Waals surface area (Å²) in [6.07, 6.45) is 0. The summed E-state index contributed by atoms with van der Waals surface area (Å²) in [4.78, 5) is 0. The van der Waals surface area contributed by atoms with Crippen molar-refractivity contribution in [2.75, 3.05) is 20.3 Å². The van der Waals surface area contributed by atoms with Crippen molar-refractivity contribution >= 4 is 0 Å². The van der Waals surface area contributed by atoms with Gasteiger partial charge in [-0.15, -0.1) is 0 Å². The maximum absolute atomic E-state index is 13.2.